The molecule has 4 heteroatoms. The monoisotopic (exact) mass is 256 g/mol. The lowest BCUT2D eigenvalue weighted by atomic mass is 9.90. The zero-order chi connectivity index (χ0) is 13.2. The Hall–Kier alpha value is -1.68. The highest BCUT2D eigenvalue weighted by Crippen LogP contribution is 2.28. The Labute approximate surface area is 114 Å². The van der Waals surface area contributed by atoms with E-state index >= 15 is 0 Å². The average molecular weight is 256 g/mol. The molecule has 0 saturated carbocycles. The molecule has 0 radical (unpaired) electrons. The number of hydrogen-bond donors (Lipinski definition) is 0. The summed E-state index contributed by atoms with van der Waals surface area (Å²) in [6.07, 6.45) is 8.38. The van der Waals surface area contributed by atoms with Gasteiger partial charge in [-0.25, -0.2) is 0 Å². The molecule has 0 atom stereocenters. The van der Waals surface area contributed by atoms with Crippen LogP contribution >= 0.6 is 0 Å². The van der Waals surface area contributed by atoms with Gasteiger partial charge in [-0.1, -0.05) is 6.07 Å². The quantitative estimate of drug-likeness (QED) is 0.826. The maximum atomic E-state index is 4.59. The van der Waals surface area contributed by atoms with Gasteiger partial charge in [0, 0.05) is 25.0 Å². The lowest BCUT2D eigenvalue weighted by molar-refractivity contribution is 0.255. The second-order valence-electron chi connectivity index (χ2n) is 5.46. The van der Waals surface area contributed by atoms with Crippen LogP contribution in [0.25, 0.3) is 11.3 Å². The van der Waals surface area contributed by atoms with Crippen molar-refractivity contribution in [1.29, 1.82) is 0 Å². The van der Waals surface area contributed by atoms with Crippen molar-refractivity contribution in [1.82, 2.24) is 19.7 Å². The molecule has 1 aliphatic rings. The summed E-state index contributed by atoms with van der Waals surface area (Å²) in [5.74, 6) is 0.673. The summed E-state index contributed by atoms with van der Waals surface area (Å²) >= 11 is 0. The molecule has 2 aromatic heterocycles. The first-order chi connectivity index (χ1) is 9.22. The van der Waals surface area contributed by atoms with Crippen LogP contribution in [0.2, 0.25) is 0 Å². The van der Waals surface area contributed by atoms with Crippen molar-refractivity contribution in [2.24, 2.45) is 7.05 Å². The highest BCUT2D eigenvalue weighted by molar-refractivity contribution is 5.56. The molecule has 3 rings (SSSR count). The van der Waals surface area contributed by atoms with E-state index < -0.39 is 0 Å². The number of aromatic nitrogens is 3. The van der Waals surface area contributed by atoms with Gasteiger partial charge in [0.25, 0.3) is 0 Å². The topological polar surface area (TPSA) is 34.0 Å². The fraction of sp³-hybridized carbons (Fsp3) is 0.467. The number of nitrogens with zero attached hydrogens (tertiary/aromatic N) is 4. The van der Waals surface area contributed by atoms with E-state index in [0.29, 0.717) is 5.92 Å². The zero-order valence-corrected chi connectivity index (χ0v) is 11.6. The van der Waals surface area contributed by atoms with Crippen LogP contribution in [0.4, 0.5) is 0 Å². The molecule has 1 fully saturated rings. The maximum absolute atomic E-state index is 4.59. The lowest BCUT2D eigenvalue weighted by Crippen LogP contribution is -2.29. The molecule has 0 amide bonds. The summed E-state index contributed by atoms with van der Waals surface area (Å²) in [5.41, 5.74) is 3.46. The molecule has 4 nitrogen and oxygen atoms in total. The molecule has 0 spiro atoms. The van der Waals surface area contributed by atoms with Gasteiger partial charge in [-0.3, -0.25) is 9.67 Å². The second-order valence-corrected chi connectivity index (χ2v) is 5.46. The lowest BCUT2D eigenvalue weighted by Gasteiger charge is -2.29. The molecule has 0 N–H and O–H groups in total. The molecule has 19 heavy (non-hydrogen) atoms. The Morgan fingerprint density at radius 3 is 2.47 bits per heavy atom. The number of hydrogen-bond acceptors (Lipinski definition) is 3. The molecule has 0 aromatic carbocycles. The normalized spacial score (nSPS) is 17.8. The third-order valence-electron chi connectivity index (χ3n) is 3.98. The third kappa shape index (κ3) is 2.68. The number of pyridine rings is 1. The van der Waals surface area contributed by atoms with Crippen LogP contribution in [-0.2, 0) is 7.05 Å². The first kappa shape index (κ1) is 12.4. The smallest absolute Gasteiger partial charge is 0.0733 e. The van der Waals surface area contributed by atoms with Crippen molar-refractivity contribution in [3.8, 4) is 11.3 Å². The maximum Gasteiger partial charge on any atom is 0.0733 e. The van der Waals surface area contributed by atoms with Gasteiger partial charge < -0.3 is 4.90 Å². The van der Waals surface area contributed by atoms with E-state index in [4.69, 9.17) is 0 Å². The summed E-state index contributed by atoms with van der Waals surface area (Å²) < 4.78 is 1.81. The van der Waals surface area contributed by atoms with Gasteiger partial charge in [0.05, 0.1) is 11.9 Å². The SMILES string of the molecule is CN1CCC(c2ccc(-c3cnn(C)c3)nc2)CC1. The van der Waals surface area contributed by atoms with Crippen LogP contribution < -0.4 is 0 Å². The standard InChI is InChI=1S/C15H20N4/c1-18-7-5-12(6-8-18)13-3-4-15(16-9-13)14-10-17-19(2)11-14/h3-4,9-12H,5-8H2,1-2H3. The zero-order valence-electron chi connectivity index (χ0n) is 11.6. The van der Waals surface area contributed by atoms with E-state index in [1.807, 2.05) is 30.3 Å². The fourth-order valence-electron chi connectivity index (χ4n) is 2.71. The molecule has 0 unspecified atom stereocenters. The van der Waals surface area contributed by atoms with Crippen LogP contribution in [0.15, 0.2) is 30.7 Å². The summed E-state index contributed by atoms with van der Waals surface area (Å²) in [6, 6.07) is 4.34. The van der Waals surface area contributed by atoms with Crippen LogP contribution in [0.1, 0.15) is 24.3 Å². The predicted molar refractivity (Wildman–Crippen MR) is 75.9 cm³/mol. The first-order valence-corrected chi connectivity index (χ1v) is 6.86. The van der Waals surface area contributed by atoms with Crippen molar-refractivity contribution < 1.29 is 0 Å². The number of piperidine rings is 1. The van der Waals surface area contributed by atoms with Crippen LogP contribution in [0.5, 0.6) is 0 Å². The van der Waals surface area contributed by atoms with Crippen LogP contribution in [0, 0.1) is 0 Å². The Balaban J connectivity index is 1.75. The van der Waals surface area contributed by atoms with Gasteiger partial charge >= 0.3 is 0 Å². The minimum Gasteiger partial charge on any atom is -0.306 e. The van der Waals surface area contributed by atoms with Crippen molar-refractivity contribution in [3.05, 3.63) is 36.3 Å². The summed E-state index contributed by atoms with van der Waals surface area (Å²) in [6.45, 7) is 2.38. The van der Waals surface area contributed by atoms with Gasteiger partial charge in [0.1, 0.15) is 0 Å². The molecule has 2 aromatic rings. The van der Waals surface area contributed by atoms with E-state index in [1.54, 1.807) is 0 Å². The molecule has 1 aliphatic heterocycles. The molecule has 0 aliphatic carbocycles. The third-order valence-corrected chi connectivity index (χ3v) is 3.98. The molecular weight excluding hydrogens is 236 g/mol. The van der Waals surface area contributed by atoms with Gasteiger partial charge in [0.2, 0.25) is 0 Å². The van der Waals surface area contributed by atoms with Gasteiger partial charge in [-0.05, 0) is 50.5 Å². The molecule has 0 bridgehead atoms. The molecule has 100 valence electrons. The Morgan fingerprint density at radius 1 is 1.11 bits per heavy atom. The van der Waals surface area contributed by atoms with Gasteiger partial charge in [0.15, 0.2) is 0 Å². The van der Waals surface area contributed by atoms with Gasteiger partial charge in [-0.15, -0.1) is 0 Å². The van der Waals surface area contributed by atoms with E-state index in [-0.39, 0.29) is 0 Å². The van der Waals surface area contributed by atoms with Crippen molar-refractivity contribution in [2.75, 3.05) is 20.1 Å². The van der Waals surface area contributed by atoms with Crippen molar-refractivity contribution in [3.63, 3.8) is 0 Å². The van der Waals surface area contributed by atoms with Crippen LogP contribution in [0.3, 0.4) is 0 Å². The van der Waals surface area contributed by atoms with E-state index in [9.17, 15) is 0 Å². The minimum absolute atomic E-state index is 0.673. The largest absolute Gasteiger partial charge is 0.306 e. The predicted octanol–water partition coefficient (Wildman–Crippen LogP) is 2.29. The highest BCUT2D eigenvalue weighted by atomic mass is 15.2. The van der Waals surface area contributed by atoms with E-state index in [0.717, 1.165) is 11.3 Å². The van der Waals surface area contributed by atoms with Gasteiger partial charge in [-0.2, -0.15) is 5.10 Å². The first-order valence-electron chi connectivity index (χ1n) is 6.86. The van der Waals surface area contributed by atoms with Crippen molar-refractivity contribution in [2.45, 2.75) is 18.8 Å². The van der Waals surface area contributed by atoms with E-state index in [2.05, 4.69) is 34.2 Å². The fourth-order valence-corrected chi connectivity index (χ4v) is 2.71. The Kier molecular flexibility index (Phi) is 3.34. The molecular formula is C15H20N4. The average Bonchev–Trinajstić information content (AvgIpc) is 2.87. The Morgan fingerprint density at radius 2 is 1.89 bits per heavy atom. The van der Waals surface area contributed by atoms with Crippen molar-refractivity contribution >= 4 is 0 Å². The summed E-state index contributed by atoms with van der Waals surface area (Å²) in [5, 5.41) is 4.18. The highest BCUT2D eigenvalue weighted by Gasteiger charge is 2.18. The number of aryl methyl sites for hydroxylation is 1. The molecule has 1 saturated heterocycles. The summed E-state index contributed by atoms with van der Waals surface area (Å²) in [4.78, 5) is 6.99. The minimum atomic E-state index is 0.673. The second kappa shape index (κ2) is 5.13. The van der Waals surface area contributed by atoms with E-state index in [1.165, 1.54) is 31.5 Å². The van der Waals surface area contributed by atoms with Crippen LogP contribution in [-0.4, -0.2) is 39.8 Å². The summed E-state index contributed by atoms with van der Waals surface area (Å²) in [7, 11) is 4.12. The number of rotatable bonds is 2. The Bertz CT molecular complexity index is 536. The number of likely N-dealkylation sites (tertiary alicyclic amines) is 1. The molecule has 3 heterocycles.